The summed E-state index contributed by atoms with van der Waals surface area (Å²) >= 11 is 0. The van der Waals surface area contributed by atoms with E-state index in [2.05, 4.69) is 21.3 Å². The van der Waals surface area contributed by atoms with Crippen LogP contribution in [0.5, 0.6) is 0 Å². The Morgan fingerprint density at radius 2 is 1.34 bits per heavy atom. The van der Waals surface area contributed by atoms with Gasteiger partial charge >= 0.3 is 12.1 Å². The van der Waals surface area contributed by atoms with Gasteiger partial charge in [-0.25, -0.2) is 4.79 Å². The number of primary amides is 1. The summed E-state index contributed by atoms with van der Waals surface area (Å²) in [6.07, 6.45) is 0.655. The van der Waals surface area contributed by atoms with Crippen molar-refractivity contribution in [1.82, 2.24) is 31.1 Å². The Bertz CT molecular complexity index is 1880. The van der Waals surface area contributed by atoms with E-state index in [0.717, 1.165) is 19.3 Å². The first-order valence-electron chi connectivity index (χ1n) is 23.3. The SMILES string of the molecule is CC(C)C[C@H](NC(=O)[C@H](CCCNC(=N)N)NC(=O)[C@@H](NC(=O)C(Cc1ccc(C(=N)N)cc1)C(=O)N(CC(C)C)CC(C)C)C1CCCCC1)C(=O)N1CCC[C@H]1C(N)=O.O=C(O)C(F)(F)F. The predicted octanol–water partition coefficient (Wildman–Crippen LogP) is 2.72. The van der Waals surface area contributed by atoms with Crippen LogP contribution in [0.15, 0.2) is 24.3 Å². The standard InChI is InChI=1S/C44H73N11O6.C2HF3O2/c1-26(2)22-34(43(61)55-21-11-15-35(55)38(47)56)52-40(58)33(14-10-20-50-44(48)49)51-41(59)36(30-12-8-7-9-13-30)53-39(57)32(23-29-16-18-31(19-17-29)37(45)46)42(60)54(24-27(3)4)25-28(5)6;3-2(4,5)1(6)7/h16-19,26-28,30,32-36H,7-15,20-25H2,1-6H3,(H3,45,46)(H2,47,56)(H,51,59)(H,52,58)(H,53,57)(H4,48,49,50);(H,6,7)/t32?,33-,34-,35-,36-;/m0./s1. The zero-order chi connectivity index (χ0) is 51.5. The van der Waals surface area contributed by atoms with E-state index in [1.54, 1.807) is 29.2 Å². The van der Waals surface area contributed by atoms with Crippen LogP contribution in [0.1, 0.15) is 117 Å². The molecule has 1 unspecified atom stereocenters. The minimum atomic E-state index is -5.08. The van der Waals surface area contributed by atoms with E-state index in [9.17, 15) is 41.9 Å². The molecule has 22 heteroatoms. The zero-order valence-corrected chi connectivity index (χ0v) is 40.2. The zero-order valence-electron chi connectivity index (χ0n) is 40.2. The van der Waals surface area contributed by atoms with Gasteiger partial charge in [0.05, 0.1) is 0 Å². The van der Waals surface area contributed by atoms with Gasteiger partial charge in [-0.3, -0.25) is 39.6 Å². The van der Waals surface area contributed by atoms with Crippen molar-refractivity contribution in [3.05, 3.63) is 35.4 Å². The molecule has 1 aliphatic carbocycles. The predicted molar refractivity (Wildman–Crippen MR) is 250 cm³/mol. The Kier molecular flexibility index (Phi) is 23.7. The molecule has 1 aliphatic heterocycles. The highest BCUT2D eigenvalue weighted by Crippen LogP contribution is 2.28. The average molecular weight is 966 g/mol. The van der Waals surface area contributed by atoms with Crippen LogP contribution >= 0.6 is 0 Å². The summed E-state index contributed by atoms with van der Waals surface area (Å²) in [4.78, 5) is 96.1. The number of nitrogen functional groups attached to an aromatic ring is 1. The number of carbonyl (C=O) groups excluding carboxylic acids is 6. The van der Waals surface area contributed by atoms with Gasteiger partial charge in [0.15, 0.2) is 5.96 Å². The van der Waals surface area contributed by atoms with Crippen molar-refractivity contribution in [2.45, 2.75) is 143 Å². The van der Waals surface area contributed by atoms with E-state index in [4.69, 9.17) is 37.9 Å². The lowest BCUT2D eigenvalue weighted by molar-refractivity contribution is -0.192. The van der Waals surface area contributed by atoms with Gasteiger partial charge in [-0.15, -0.1) is 0 Å². The van der Waals surface area contributed by atoms with E-state index < -0.39 is 71.8 Å². The molecule has 68 heavy (non-hydrogen) atoms. The third-order valence-electron chi connectivity index (χ3n) is 11.6. The number of hydrogen-bond acceptors (Lipinski definition) is 9. The molecule has 19 nitrogen and oxygen atoms in total. The van der Waals surface area contributed by atoms with Crippen molar-refractivity contribution < 1.29 is 51.8 Å². The van der Waals surface area contributed by atoms with Crippen LogP contribution in [-0.4, -0.2) is 125 Å². The number of guanidine groups is 1. The number of hydrogen-bond donors (Lipinski definition) is 10. The van der Waals surface area contributed by atoms with Gasteiger partial charge in [0.25, 0.3) is 0 Å². The summed E-state index contributed by atoms with van der Waals surface area (Å²) in [5, 5.41) is 34.0. The lowest BCUT2D eigenvalue weighted by Gasteiger charge is -2.34. The summed E-state index contributed by atoms with van der Waals surface area (Å²) in [7, 11) is 0. The van der Waals surface area contributed by atoms with Gasteiger partial charge in [0.1, 0.15) is 35.9 Å². The summed E-state index contributed by atoms with van der Waals surface area (Å²) < 4.78 is 31.7. The molecule has 0 aromatic heterocycles. The lowest BCUT2D eigenvalue weighted by Crippen LogP contribution is -2.60. The van der Waals surface area contributed by atoms with E-state index >= 15 is 0 Å². The molecule has 0 bridgehead atoms. The Labute approximate surface area is 397 Å². The van der Waals surface area contributed by atoms with Crippen molar-refractivity contribution in [2.24, 2.45) is 46.8 Å². The highest BCUT2D eigenvalue weighted by molar-refractivity contribution is 6.03. The maximum Gasteiger partial charge on any atom is 0.490 e. The molecule has 0 radical (unpaired) electrons. The minimum Gasteiger partial charge on any atom is -0.475 e. The number of nitrogens with two attached hydrogens (primary N) is 3. The molecule has 2 fully saturated rings. The van der Waals surface area contributed by atoms with Gasteiger partial charge in [0, 0.05) is 31.7 Å². The highest BCUT2D eigenvalue weighted by atomic mass is 19.4. The fourth-order valence-corrected chi connectivity index (χ4v) is 8.37. The normalized spacial score (nSPS) is 16.9. The highest BCUT2D eigenvalue weighted by Gasteiger charge is 2.41. The minimum absolute atomic E-state index is 0.0117. The van der Waals surface area contributed by atoms with Crippen molar-refractivity contribution in [2.75, 3.05) is 26.2 Å². The molecule has 6 amide bonds. The van der Waals surface area contributed by atoms with Crippen LogP contribution < -0.4 is 38.5 Å². The first kappa shape index (κ1) is 58.2. The van der Waals surface area contributed by atoms with Gasteiger partial charge in [0.2, 0.25) is 35.4 Å². The number of likely N-dealkylation sites (tertiary alicyclic amines) is 1. The van der Waals surface area contributed by atoms with Crippen molar-refractivity contribution in [3.8, 4) is 0 Å². The van der Waals surface area contributed by atoms with Crippen molar-refractivity contribution in [3.63, 3.8) is 0 Å². The molecule has 2 aliphatic rings. The van der Waals surface area contributed by atoms with Crippen LogP contribution in [0.3, 0.4) is 0 Å². The molecule has 1 aromatic rings. The average Bonchev–Trinajstić information content (AvgIpc) is 3.75. The number of alkyl halides is 3. The Morgan fingerprint density at radius 3 is 1.82 bits per heavy atom. The number of carboxylic acids is 1. The molecular weight excluding hydrogens is 892 g/mol. The summed E-state index contributed by atoms with van der Waals surface area (Å²) in [6.45, 7) is 13.3. The third kappa shape index (κ3) is 19.7. The lowest BCUT2D eigenvalue weighted by atomic mass is 9.83. The van der Waals surface area contributed by atoms with E-state index in [0.29, 0.717) is 62.9 Å². The summed E-state index contributed by atoms with van der Waals surface area (Å²) in [6, 6.07) is 2.83. The third-order valence-corrected chi connectivity index (χ3v) is 11.6. The topological polar surface area (TPSA) is 320 Å². The number of amides is 6. The molecule has 5 atom stereocenters. The number of carboxylic acid groups (broad SMARTS) is 1. The second-order valence-electron chi connectivity index (χ2n) is 18.9. The summed E-state index contributed by atoms with van der Waals surface area (Å²) in [5.41, 5.74) is 18.0. The van der Waals surface area contributed by atoms with Gasteiger partial charge in [-0.2, -0.15) is 13.2 Å². The molecule has 1 saturated carbocycles. The second kappa shape index (κ2) is 27.8. The molecule has 1 heterocycles. The first-order chi connectivity index (χ1) is 31.7. The van der Waals surface area contributed by atoms with E-state index in [1.807, 2.05) is 41.5 Å². The number of rotatable bonds is 23. The largest absolute Gasteiger partial charge is 0.490 e. The quantitative estimate of drug-likeness (QED) is 0.0329. The molecule has 1 aromatic carbocycles. The second-order valence-corrected chi connectivity index (χ2v) is 18.9. The smallest absolute Gasteiger partial charge is 0.475 e. The van der Waals surface area contributed by atoms with Gasteiger partial charge in [-0.1, -0.05) is 85.1 Å². The molecule has 1 saturated heterocycles. The number of halogens is 3. The first-order valence-corrected chi connectivity index (χ1v) is 23.3. The van der Waals surface area contributed by atoms with Gasteiger partial charge in [-0.05, 0) is 80.6 Å². The number of amidine groups is 1. The Morgan fingerprint density at radius 1 is 0.779 bits per heavy atom. The maximum atomic E-state index is 14.6. The number of carbonyl (C=O) groups is 7. The fourth-order valence-electron chi connectivity index (χ4n) is 8.37. The van der Waals surface area contributed by atoms with Crippen molar-refractivity contribution in [1.29, 1.82) is 10.8 Å². The van der Waals surface area contributed by atoms with Crippen LogP contribution in [0.2, 0.25) is 0 Å². The monoisotopic (exact) mass is 966 g/mol. The Hall–Kier alpha value is -5.96. The molecular formula is C46H74F3N11O8. The summed E-state index contributed by atoms with van der Waals surface area (Å²) in [5.74, 6) is -7.51. The Balaban J connectivity index is 0.00000209. The van der Waals surface area contributed by atoms with Crippen LogP contribution in [0.4, 0.5) is 13.2 Å². The van der Waals surface area contributed by atoms with E-state index in [-0.39, 0.29) is 67.2 Å². The van der Waals surface area contributed by atoms with E-state index in [1.165, 1.54) is 4.90 Å². The van der Waals surface area contributed by atoms with Crippen molar-refractivity contribution >= 4 is 53.2 Å². The van der Waals surface area contributed by atoms with Crippen LogP contribution in [0.25, 0.3) is 0 Å². The fraction of sp³-hybridized carbons (Fsp3) is 0.674. The molecule has 13 N–H and O–H groups in total. The molecule has 3 rings (SSSR count). The maximum absolute atomic E-state index is 14.6. The number of benzene rings is 1. The molecule has 382 valence electrons. The van der Waals surface area contributed by atoms with Crippen LogP contribution in [-0.2, 0) is 40.0 Å². The number of nitrogens with zero attached hydrogens (tertiary/aromatic N) is 2. The van der Waals surface area contributed by atoms with Gasteiger partial charge < -0.3 is 53.4 Å². The van der Waals surface area contributed by atoms with Crippen LogP contribution in [0, 0.1) is 40.4 Å². The number of aliphatic carboxylic acids is 1. The number of nitrogens with one attached hydrogen (secondary N) is 6. The molecule has 0 spiro atoms.